The summed E-state index contributed by atoms with van der Waals surface area (Å²) in [5.74, 6) is -0.829. The van der Waals surface area contributed by atoms with Crippen LogP contribution in [0.1, 0.15) is 13.8 Å². The minimum absolute atomic E-state index is 0.351. The Labute approximate surface area is 72.0 Å². The van der Waals surface area contributed by atoms with Crippen molar-refractivity contribution in [1.29, 1.82) is 0 Å². The van der Waals surface area contributed by atoms with Crippen LogP contribution in [-0.2, 0) is 4.79 Å². The van der Waals surface area contributed by atoms with Crippen LogP contribution in [0.2, 0.25) is 0 Å². The van der Waals surface area contributed by atoms with E-state index in [2.05, 4.69) is 0 Å². The second-order valence-corrected chi connectivity index (χ2v) is 3.10. The van der Waals surface area contributed by atoms with E-state index in [0.29, 0.717) is 18.2 Å². The molecule has 1 aliphatic rings. The fraction of sp³-hybridized carbons (Fsp3) is 0.444. The van der Waals surface area contributed by atoms with Gasteiger partial charge in [-0.3, -0.25) is 0 Å². The number of allylic oxidation sites excluding steroid dienone is 2. The number of carboxylic acids is 1. The van der Waals surface area contributed by atoms with Crippen molar-refractivity contribution in [3.8, 4) is 0 Å². The van der Waals surface area contributed by atoms with Crippen LogP contribution in [0.15, 0.2) is 23.9 Å². The van der Waals surface area contributed by atoms with Crippen molar-refractivity contribution >= 4 is 5.97 Å². The summed E-state index contributed by atoms with van der Waals surface area (Å²) in [5.41, 5.74) is 0.450. The topological polar surface area (TPSA) is 40.5 Å². The normalized spacial score (nSPS) is 16.6. The predicted molar refractivity (Wildman–Crippen MR) is 46.7 cm³/mol. The van der Waals surface area contributed by atoms with Gasteiger partial charge in [0.1, 0.15) is 0 Å². The molecule has 1 aliphatic heterocycles. The molecule has 66 valence electrons. The summed E-state index contributed by atoms with van der Waals surface area (Å²) in [6.07, 6.45) is 5.32. The molecular formula is C9H13NO2. The van der Waals surface area contributed by atoms with Crippen molar-refractivity contribution in [2.24, 2.45) is 0 Å². The molecule has 0 saturated heterocycles. The highest BCUT2D eigenvalue weighted by Gasteiger charge is 2.14. The molecule has 0 aromatic heterocycles. The van der Waals surface area contributed by atoms with Crippen molar-refractivity contribution < 1.29 is 9.90 Å². The Morgan fingerprint density at radius 3 is 2.83 bits per heavy atom. The largest absolute Gasteiger partial charge is 0.478 e. The van der Waals surface area contributed by atoms with E-state index < -0.39 is 5.97 Å². The maximum Gasteiger partial charge on any atom is 0.333 e. The highest BCUT2D eigenvalue weighted by molar-refractivity contribution is 5.87. The van der Waals surface area contributed by atoms with Gasteiger partial charge in [-0.25, -0.2) is 4.79 Å². The van der Waals surface area contributed by atoms with E-state index in [9.17, 15) is 4.79 Å². The first-order valence-corrected chi connectivity index (χ1v) is 3.97. The van der Waals surface area contributed by atoms with Crippen LogP contribution in [0.25, 0.3) is 0 Å². The fourth-order valence-electron chi connectivity index (χ4n) is 1.07. The molecule has 1 heterocycles. The minimum atomic E-state index is -0.829. The standard InChI is InChI=1S/C9H13NO2/c1-7(2)10-5-3-4-8(6-10)9(11)12/h3-5,7H,6H2,1-2H3,(H,11,12). The average Bonchev–Trinajstić information content (AvgIpc) is 2.04. The molecule has 3 heteroatoms. The highest BCUT2D eigenvalue weighted by atomic mass is 16.4. The first kappa shape index (κ1) is 8.84. The van der Waals surface area contributed by atoms with Crippen molar-refractivity contribution in [3.05, 3.63) is 23.9 Å². The van der Waals surface area contributed by atoms with Crippen LogP contribution < -0.4 is 0 Å². The average molecular weight is 167 g/mol. The van der Waals surface area contributed by atoms with Crippen LogP contribution >= 0.6 is 0 Å². The summed E-state index contributed by atoms with van der Waals surface area (Å²) < 4.78 is 0. The number of hydrogen-bond donors (Lipinski definition) is 1. The third kappa shape index (κ3) is 1.87. The summed E-state index contributed by atoms with van der Waals surface area (Å²) in [5, 5.41) is 8.71. The number of hydrogen-bond acceptors (Lipinski definition) is 2. The lowest BCUT2D eigenvalue weighted by atomic mass is 10.1. The molecule has 0 radical (unpaired) electrons. The maximum absolute atomic E-state index is 10.6. The van der Waals surface area contributed by atoms with E-state index in [-0.39, 0.29) is 0 Å². The smallest absolute Gasteiger partial charge is 0.333 e. The summed E-state index contributed by atoms with van der Waals surface area (Å²) in [7, 11) is 0. The Hall–Kier alpha value is -1.25. The fourth-order valence-corrected chi connectivity index (χ4v) is 1.07. The molecule has 0 fully saturated rings. The Bertz CT molecular complexity index is 241. The first-order chi connectivity index (χ1) is 5.61. The second kappa shape index (κ2) is 3.43. The lowest BCUT2D eigenvalue weighted by Crippen LogP contribution is -2.30. The van der Waals surface area contributed by atoms with Gasteiger partial charge in [-0.1, -0.05) is 0 Å². The van der Waals surface area contributed by atoms with Crippen molar-refractivity contribution in [1.82, 2.24) is 4.90 Å². The number of carboxylic acid groups (broad SMARTS) is 1. The Morgan fingerprint density at radius 1 is 1.67 bits per heavy atom. The lowest BCUT2D eigenvalue weighted by Gasteiger charge is -2.26. The number of rotatable bonds is 2. The zero-order chi connectivity index (χ0) is 9.14. The molecule has 3 nitrogen and oxygen atoms in total. The zero-order valence-electron chi connectivity index (χ0n) is 7.32. The van der Waals surface area contributed by atoms with Crippen LogP contribution in [0.5, 0.6) is 0 Å². The van der Waals surface area contributed by atoms with Crippen molar-refractivity contribution in [2.45, 2.75) is 19.9 Å². The van der Waals surface area contributed by atoms with E-state index in [1.54, 1.807) is 12.2 Å². The zero-order valence-corrected chi connectivity index (χ0v) is 7.32. The molecule has 0 atom stereocenters. The number of nitrogens with zero attached hydrogens (tertiary/aromatic N) is 1. The third-order valence-corrected chi connectivity index (χ3v) is 1.87. The lowest BCUT2D eigenvalue weighted by molar-refractivity contribution is -0.132. The van der Waals surface area contributed by atoms with E-state index >= 15 is 0 Å². The monoisotopic (exact) mass is 167 g/mol. The summed E-state index contributed by atoms with van der Waals surface area (Å²) in [6, 6.07) is 0.351. The van der Waals surface area contributed by atoms with Gasteiger partial charge in [0, 0.05) is 12.6 Å². The number of aliphatic carboxylic acids is 1. The Balaban J connectivity index is 2.67. The molecule has 0 amide bonds. The maximum atomic E-state index is 10.6. The van der Waals surface area contributed by atoms with Gasteiger partial charge in [0.25, 0.3) is 0 Å². The van der Waals surface area contributed by atoms with E-state index in [1.807, 2.05) is 24.9 Å². The molecule has 0 bridgehead atoms. The highest BCUT2D eigenvalue weighted by Crippen LogP contribution is 2.10. The van der Waals surface area contributed by atoms with Crippen molar-refractivity contribution in [2.75, 3.05) is 6.54 Å². The van der Waals surface area contributed by atoms with Gasteiger partial charge < -0.3 is 10.0 Å². The summed E-state index contributed by atoms with van der Waals surface area (Å²) in [4.78, 5) is 12.6. The molecule has 0 aliphatic carbocycles. The molecule has 0 spiro atoms. The SMILES string of the molecule is CC(C)N1C=CC=C(C(=O)O)C1. The van der Waals surface area contributed by atoms with Gasteiger partial charge >= 0.3 is 5.97 Å². The quantitative estimate of drug-likeness (QED) is 0.672. The molecule has 1 N–H and O–H groups in total. The number of carbonyl (C=O) groups is 1. The third-order valence-electron chi connectivity index (χ3n) is 1.87. The van der Waals surface area contributed by atoms with Crippen LogP contribution in [0.3, 0.4) is 0 Å². The van der Waals surface area contributed by atoms with Gasteiger partial charge in [-0.2, -0.15) is 0 Å². The molecule has 0 saturated carbocycles. The molecule has 0 aromatic rings. The van der Waals surface area contributed by atoms with Gasteiger partial charge in [-0.15, -0.1) is 0 Å². The van der Waals surface area contributed by atoms with Crippen LogP contribution in [-0.4, -0.2) is 28.6 Å². The Morgan fingerprint density at radius 2 is 2.33 bits per heavy atom. The van der Waals surface area contributed by atoms with Gasteiger partial charge in [0.15, 0.2) is 0 Å². The van der Waals surface area contributed by atoms with Crippen molar-refractivity contribution in [3.63, 3.8) is 0 Å². The minimum Gasteiger partial charge on any atom is -0.478 e. The molecule has 1 rings (SSSR count). The Kier molecular flexibility index (Phi) is 2.53. The summed E-state index contributed by atoms with van der Waals surface area (Å²) in [6.45, 7) is 4.58. The van der Waals surface area contributed by atoms with Gasteiger partial charge in [0.2, 0.25) is 0 Å². The van der Waals surface area contributed by atoms with Gasteiger partial charge in [-0.05, 0) is 32.2 Å². The van der Waals surface area contributed by atoms with Gasteiger partial charge in [0.05, 0.1) is 5.57 Å². The molecular weight excluding hydrogens is 154 g/mol. The van der Waals surface area contributed by atoms with E-state index in [1.165, 1.54) is 0 Å². The van der Waals surface area contributed by atoms with Crippen LogP contribution in [0.4, 0.5) is 0 Å². The summed E-state index contributed by atoms with van der Waals surface area (Å²) >= 11 is 0. The molecule has 0 aromatic carbocycles. The van der Waals surface area contributed by atoms with E-state index in [0.717, 1.165) is 0 Å². The second-order valence-electron chi connectivity index (χ2n) is 3.10. The molecule has 0 unspecified atom stereocenters. The first-order valence-electron chi connectivity index (χ1n) is 3.97. The molecule has 12 heavy (non-hydrogen) atoms. The van der Waals surface area contributed by atoms with E-state index in [4.69, 9.17) is 5.11 Å². The van der Waals surface area contributed by atoms with Crippen LogP contribution in [0, 0.1) is 0 Å². The predicted octanol–water partition coefficient (Wildman–Crippen LogP) is 1.24.